The Labute approximate surface area is 120 Å². The second-order valence-electron chi connectivity index (χ2n) is 5.71. The van der Waals surface area contributed by atoms with E-state index in [2.05, 4.69) is 43.3 Å². The second kappa shape index (κ2) is 7.41. The van der Waals surface area contributed by atoms with Gasteiger partial charge in [-0.25, -0.2) is 13.8 Å². The molecule has 1 aromatic heterocycles. The predicted molar refractivity (Wildman–Crippen MR) is 80.0 cm³/mol. The van der Waals surface area contributed by atoms with Crippen LogP contribution >= 0.6 is 0 Å². The minimum atomic E-state index is -0.667. The van der Waals surface area contributed by atoms with E-state index in [1.807, 2.05) is 6.92 Å². The van der Waals surface area contributed by atoms with Gasteiger partial charge in [0.1, 0.15) is 0 Å². The number of anilines is 2. The zero-order chi connectivity index (χ0) is 15.3. The first-order chi connectivity index (χ1) is 9.36. The van der Waals surface area contributed by atoms with Gasteiger partial charge in [-0.05, 0) is 24.7 Å². The Hall–Kier alpha value is -1.39. The smallest absolute Gasteiger partial charge is 0.168 e. The Kier molecular flexibility index (Phi) is 6.17. The van der Waals surface area contributed by atoms with Gasteiger partial charge >= 0.3 is 0 Å². The van der Waals surface area contributed by atoms with Crippen molar-refractivity contribution in [3.8, 4) is 0 Å². The molecule has 0 amide bonds. The molecule has 0 aliphatic rings. The van der Waals surface area contributed by atoms with Crippen molar-refractivity contribution in [2.45, 2.75) is 34.6 Å². The summed E-state index contributed by atoms with van der Waals surface area (Å²) in [7, 11) is 0. The van der Waals surface area contributed by atoms with Gasteiger partial charge in [0.05, 0.1) is 0 Å². The quantitative estimate of drug-likeness (QED) is 0.791. The normalized spacial score (nSPS) is 11.5. The van der Waals surface area contributed by atoms with Crippen molar-refractivity contribution in [2.75, 3.05) is 23.7 Å². The number of hydrogen-bond donors (Lipinski definition) is 2. The molecule has 114 valence electrons. The van der Waals surface area contributed by atoms with Gasteiger partial charge < -0.3 is 10.6 Å². The largest absolute Gasteiger partial charge is 0.368 e. The third-order valence-corrected chi connectivity index (χ3v) is 3.49. The van der Waals surface area contributed by atoms with Gasteiger partial charge in [-0.15, -0.1) is 0 Å². The molecule has 3 nitrogen and oxygen atoms in total. The molecule has 0 aliphatic carbocycles. The van der Waals surface area contributed by atoms with Crippen molar-refractivity contribution in [1.29, 1.82) is 0 Å². The van der Waals surface area contributed by atoms with Crippen LogP contribution in [0.1, 0.15) is 34.6 Å². The molecular weight excluding hydrogens is 260 g/mol. The molecule has 0 aliphatic heterocycles. The number of halogens is 2. The van der Waals surface area contributed by atoms with Gasteiger partial charge in [-0.3, -0.25) is 0 Å². The third-order valence-electron chi connectivity index (χ3n) is 3.49. The molecule has 0 saturated carbocycles. The number of rotatable bonds is 7. The molecule has 5 heteroatoms. The molecule has 0 fully saturated rings. The number of nitrogens with zero attached hydrogens (tertiary/aromatic N) is 1. The summed E-state index contributed by atoms with van der Waals surface area (Å²) in [5.74, 6) is 0.243. The van der Waals surface area contributed by atoms with E-state index in [9.17, 15) is 8.78 Å². The van der Waals surface area contributed by atoms with Gasteiger partial charge in [-0.1, -0.05) is 27.7 Å². The Bertz CT molecular complexity index is 425. The van der Waals surface area contributed by atoms with E-state index in [1.165, 1.54) is 0 Å². The maximum atomic E-state index is 13.7. The van der Waals surface area contributed by atoms with Gasteiger partial charge in [-0.2, -0.15) is 0 Å². The van der Waals surface area contributed by atoms with E-state index >= 15 is 0 Å². The van der Waals surface area contributed by atoms with Crippen LogP contribution in [0.3, 0.4) is 0 Å². The number of hydrogen-bond acceptors (Lipinski definition) is 3. The summed E-state index contributed by atoms with van der Waals surface area (Å²) >= 11 is 0. The van der Waals surface area contributed by atoms with Crippen molar-refractivity contribution in [1.82, 2.24) is 4.98 Å². The fourth-order valence-electron chi connectivity index (χ4n) is 2.34. The van der Waals surface area contributed by atoms with Crippen LogP contribution in [0.5, 0.6) is 0 Å². The molecule has 1 heterocycles. The fraction of sp³-hybridized carbons (Fsp3) is 0.667. The van der Waals surface area contributed by atoms with E-state index in [0.717, 1.165) is 6.07 Å². The van der Waals surface area contributed by atoms with Crippen LogP contribution in [0.25, 0.3) is 0 Å². The lowest BCUT2D eigenvalue weighted by atomic mass is 9.85. The van der Waals surface area contributed by atoms with Crippen molar-refractivity contribution in [3.05, 3.63) is 17.7 Å². The average molecular weight is 285 g/mol. The van der Waals surface area contributed by atoms with Crippen molar-refractivity contribution in [2.24, 2.45) is 17.8 Å². The van der Waals surface area contributed by atoms with Crippen molar-refractivity contribution in [3.63, 3.8) is 0 Å². The lowest BCUT2D eigenvalue weighted by Crippen LogP contribution is -2.25. The zero-order valence-corrected chi connectivity index (χ0v) is 12.9. The topological polar surface area (TPSA) is 37.0 Å². The van der Waals surface area contributed by atoms with E-state index in [0.29, 0.717) is 30.8 Å². The number of pyridine rings is 1. The minimum absolute atomic E-state index is 0.0852. The first-order valence-corrected chi connectivity index (χ1v) is 7.20. The van der Waals surface area contributed by atoms with Gasteiger partial charge in [0.15, 0.2) is 23.3 Å². The molecule has 0 unspecified atom stereocenters. The third kappa shape index (κ3) is 4.32. The molecular formula is C15H25F2N3. The van der Waals surface area contributed by atoms with Gasteiger partial charge in [0.2, 0.25) is 0 Å². The molecule has 2 N–H and O–H groups in total. The van der Waals surface area contributed by atoms with E-state index in [-0.39, 0.29) is 11.6 Å². The Morgan fingerprint density at radius 1 is 1.00 bits per heavy atom. The highest BCUT2D eigenvalue weighted by molar-refractivity contribution is 5.47. The van der Waals surface area contributed by atoms with E-state index < -0.39 is 11.6 Å². The summed E-state index contributed by atoms with van der Waals surface area (Å²) < 4.78 is 27.2. The van der Waals surface area contributed by atoms with Gasteiger partial charge in [0.25, 0.3) is 0 Å². The molecule has 0 spiro atoms. The summed E-state index contributed by atoms with van der Waals surface area (Å²) in [4.78, 5) is 3.98. The molecule has 20 heavy (non-hydrogen) atoms. The Morgan fingerprint density at radius 3 is 1.95 bits per heavy atom. The van der Waals surface area contributed by atoms with Crippen LogP contribution < -0.4 is 10.6 Å². The summed E-state index contributed by atoms with van der Waals surface area (Å²) in [6.07, 6.45) is 0. The lowest BCUT2D eigenvalue weighted by Gasteiger charge is -2.25. The fourth-order valence-corrected chi connectivity index (χ4v) is 2.34. The van der Waals surface area contributed by atoms with Crippen LogP contribution in [0.4, 0.5) is 20.4 Å². The van der Waals surface area contributed by atoms with Crippen molar-refractivity contribution < 1.29 is 8.78 Å². The maximum absolute atomic E-state index is 13.7. The lowest BCUT2D eigenvalue weighted by molar-refractivity contribution is 0.304. The monoisotopic (exact) mass is 285 g/mol. The highest BCUT2D eigenvalue weighted by atomic mass is 19.1. The molecule has 1 rings (SSSR count). The Morgan fingerprint density at radius 2 is 1.50 bits per heavy atom. The minimum Gasteiger partial charge on any atom is -0.368 e. The first kappa shape index (κ1) is 16.7. The predicted octanol–water partition coefficient (Wildman–Crippen LogP) is 4.13. The second-order valence-corrected chi connectivity index (χ2v) is 5.71. The highest BCUT2D eigenvalue weighted by Gasteiger charge is 2.19. The molecule has 0 radical (unpaired) electrons. The van der Waals surface area contributed by atoms with Gasteiger partial charge in [0, 0.05) is 19.2 Å². The van der Waals surface area contributed by atoms with Crippen LogP contribution in [-0.4, -0.2) is 18.1 Å². The number of aromatic nitrogens is 1. The SMILES string of the molecule is CCNc1nc(NCC(C(C)C)C(C)C)c(F)cc1F. The standard InChI is InChI=1S/C15H25F2N3/c1-6-18-14-12(16)7-13(17)15(20-14)19-8-11(9(2)3)10(4)5/h7,9-11H,6,8H2,1-5H3,(H2,18,19,20). The van der Waals surface area contributed by atoms with Crippen LogP contribution in [-0.2, 0) is 0 Å². The number of nitrogens with one attached hydrogen (secondary N) is 2. The summed E-state index contributed by atoms with van der Waals surface area (Å²) in [6, 6.07) is 0.868. The molecule has 0 bridgehead atoms. The van der Waals surface area contributed by atoms with Crippen LogP contribution in [0, 0.1) is 29.4 Å². The average Bonchev–Trinajstić information content (AvgIpc) is 2.34. The van der Waals surface area contributed by atoms with Crippen LogP contribution in [0.15, 0.2) is 6.07 Å². The summed E-state index contributed by atoms with van der Waals surface area (Å²) in [5, 5.41) is 5.79. The Balaban J connectivity index is 2.83. The maximum Gasteiger partial charge on any atom is 0.168 e. The molecule has 1 aromatic rings. The first-order valence-electron chi connectivity index (χ1n) is 7.20. The van der Waals surface area contributed by atoms with Crippen molar-refractivity contribution >= 4 is 11.6 Å². The van der Waals surface area contributed by atoms with E-state index in [1.54, 1.807) is 0 Å². The molecule has 0 saturated heterocycles. The summed E-state index contributed by atoms with van der Waals surface area (Å²) in [5.41, 5.74) is 0. The highest BCUT2D eigenvalue weighted by Crippen LogP contribution is 2.23. The summed E-state index contributed by atoms with van der Waals surface area (Å²) in [6.45, 7) is 11.6. The molecule has 0 aromatic carbocycles. The van der Waals surface area contributed by atoms with E-state index in [4.69, 9.17) is 0 Å². The van der Waals surface area contributed by atoms with Crippen LogP contribution in [0.2, 0.25) is 0 Å². The molecule has 0 atom stereocenters. The zero-order valence-electron chi connectivity index (χ0n) is 12.9.